The van der Waals surface area contributed by atoms with Crippen LogP contribution < -0.4 is 5.32 Å². The lowest BCUT2D eigenvalue weighted by molar-refractivity contribution is -0.119. The van der Waals surface area contributed by atoms with Crippen LogP contribution in [0.1, 0.15) is 44.5 Å². The fourth-order valence-corrected chi connectivity index (χ4v) is 4.80. The van der Waals surface area contributed by atoms with Crippen molar-refractivity contribution in [3.05, 3.63) is 50.3 Å². The second-order valence-corrected chi connectivity index (χ2v) is 8.70. The molecule has 0 bridgehead atoms. The molecule has 1 amide bonds. The Hall–Kier alpha value is -2.19. The van der Waals surface area contributed by atoms with Crippen LogP contribution in [0.3, 0.4) is 0 Å². The van der Waals surface area contributed by atoms with E-state index in [1.165, 1.54) is 18.4 Å². The quantitative estimate of drug-likeness (QED) is 0.668. The number of nitrogens with one attached hydrogen (secondary N) is 1. The van der Waals surface area contributed by atoms with Crippen LogP contribution in [0.4, 0.5) is 5.00 Å². The summed E-state index contributed by atoms with van der Waals surface area (Å²) < 4.78 is 10.8. The Bertz CT molecular complexity index is 906. The fourth-order valence-electron chi connectivity index (χ4n) is 3.12. The molecular formula is C20H20BrNO5S. The van der Waals surface area contributed by atoms with Crippen LogP contribution in [-0.4, -0.2) is 31.6 Å². The first kappa shape index (κ1) is 20.5. The Morgan fingerprint density at radius 2 is 1.93 bits per heavy atom. The van der Waals surface area contributed by atoms with Gasteiger partial charge in [0.1, 0.15) is 5.00 Å². The van der Waals surface area contributed by atoms with Crippen molar-refractivity contribution in [2.24, 2.45) is 5.92 Å². The molecule has 28 heavy (non-hydrogen) atoms. The summed E-state index contributed by atoms with van der Waals surface area (Å²) in [5, 5.41) is 3.16. The van der Waals surface area contributed by atoms with Crippen LogP contribution in [0.15, 0.2) is 28.7 Å². The number of esters is 2. The molecule has 1 aliphatic carbocycles. The molecule has 1 aromatic heterocycles. The van der Waals surface area contributed by atoms with Crippen LogP contribution in [0.2, 0.25) is 0 Å². The van der Waals surface area contributed by atoms with Gasteiger partial charge in [-0.1, -0.05) is 22.9 Å². The Balaban J connectivity index is 1.69. The lowest BCUT2D eigenvalue weighted by Gasteiger charge is -2.18. The van der Waals surface area contributed by atoms with Gasteiger partial charge in [0, 0.05) is 9.35 Å². The summed E-state index contributed by atoms with van der Waals surface area (Å²) in [5.74, 6) is -1.02. The van der Waals surface area contributed by atoms with Crippen LogP contribution in [0, 0.1) is 5.92 Å². The number of fused-ring (bicyclic) bond motifs is 1. The predicted octanol–water partition coefficient (Wildman–Crippen LogP) is 4.22. The molecule has 1 heterocycles. The third-order valence-corrected chi connectivity index (χ3v) is 6.27. The molecule has 0 saturated heterocycles. The summed E-state index contributed by atoms with van der Waals surface area (Å²) in [7, 11) is 1.32. The Labute approximate surface area is 175 Å². The Kier molecular flexibility index (Phi) is 6.51. The van der Waals surface area contributed by atoms with Crippen molar-refractivity contribution in [1.82, 2.24) is 0 Å². The maximum atomic E-state index is 12.3. The zero-order valence-electron chi connectivity index (χ0n) is 15.5. The second-order valence-electron chi connectivity index (χ2n) is 6.68. The Morgan fingerprint density at radius 1 is 1.21 bits per heavy atom. The fraction of sp³-hybridized carbons (Fsp3) is 0.350. The molecule has 2 aromatic rings. The number of ether oxygens (including phenoxy) is 2. The lowest BCUT2D eigenvalue weighted by atomic mass is 9.88. The number of rotatable bonds is 5. The normalized spacial score (nSPS) is 15.5. The van der Waals surface area contributed by atoms with E-state index in [4.69, 9.17) is 9.47 Å². The van der Waals surface area contributed by atoms with Crippen LogP contribution >= 0.6 is 27.3 Å². The van der Waals surface area contributed by atoms with E-state index in [1.807, 2.05) is 0 Å². The van der Waals surface area contributed by atoms with Crippen molar-refractivity contribution < 1.29 is 23.9 Å². The largest absolute Gasteiger partial charge is 0.465 e. The van der Waals surface area contributed by atoms with Gasteiger partial charge in [-0.3, -0.25) is 4.79 Å². The van der Waals surface area contributed by atoms with E-state index in [9.17, 15) is 14.4 Å². The maximum Gasteiger partial charge on any atom is 0.341 e. The van der Waals surface area contributed by atoms with E-state index in [-0.39, 0.29) is 0 Å². The van der Waals surface area contributed by atoms with Crippen molar-refractivity contribution in [1.29, 1.82) is 0 Å². The van der Waals surface area contributed by atoms with Crippen LogP contribution in [0.25, 0.3) is 0 Å². The maximum absolute atomic E-state index is 12.3. The zero-order chi connectivity index (χ0) is 20.3. The molecule has 0 aliphatic heterocycles. The number of thiophene rings is 1. The van der Waals surface area contributed by atoms with Gasteiger partial charge >= 0.3 is 11.9 Å². The predicted molar refractivity (Wildman–Crippen MR) is 110 cm³/mol. The van der Waals surface area contributed by atoms with E-state index < -0.39 is 24.5 Å². The number of carbonyl (C=O) groups is 3. The molecule has 6 nitrogen and oxygen atoms in total. The number of benzene rings is 1. The highest BCUT2D eigenvalue weighted by atomic mass is 79.9. The third-order valence-electron chi connectivity index (χ3n) is 4.57. The highest BCUT2D eigenvalue weighted by Crippen LogP contribution is 2.40. The van der Waals surface area contributed by atoms with Gasteiger partial charge in [0.15, 0.2) is 6.61 Å². The molecule has 1 atom stereocenters. The van der Waals surface area contributed by atoms with Crippen molar-refractivity contribution in [2.45, 2.75) is 26.2 Å². The van der Waals surface area contributed by atoms with E-state index in [2.05, 4.69) is 28.2 Å². The number of carbonyl (C=O) groups excluding carboxylic acids is 3. The van der Waals surface area contributed by atoms with Gasteiger partial charge < -0.3 is 14.8 Å². The minimum absolute atomic E-state index is 0.354. The molecule has 0 radical (unpaired) electrons. The van der Waals surface area contributed by atoms with Gasteiger partial charge in [-0.25, -0.2) is 9.59 Å². The Morgan fingerprint density at radius 3 is 2.61 bits per heavy atom. The highest BCUT2D eigenvalue weighted by molar-refractivity contribution is 9.10. The van der Waals surface area contributed by atoms with Gasteiger partial charge in [-0.15, -0.1) is 11.3 Å². The minimum atomic E-state index is -0.588. The zero-order valence-corrected chi connectivity index (χ0v) is 17.9. The van der Waals surface area contributed by atoms with Crippen LogP contribution in [0.5, 0.6) is 0 Å². The minimum Gasteiger partial charge on any atom is -0.465 e. The molecule has 0 saturated carbocycles. The number of hydrogen-bond acceptors (Lipinski definition) is 6. The van der Waals surface area contributed by atoms with E-state index in [0.29, 0.717) is 22.0 Å². The first-order chi connectivity index (χ1) is 13.4. The van der Waals surface area contributed by atoms with E-state index in [0.717, 1.165) is 34.2 Å². The number of methoxy groups -OCH3 is 1. The van der Waals surface area contributed by atoms with Crippen LogP contribution in [-0.2, 0) is 27.1 Å². The first-order valence-electron chi connectivity index (χ1n) is 8.84. The monoisotopic (exact) mass is 465 g/mol. The van der Waals surface area contributed by atoms with Crippen molar-refractivity contribution in [3.8, 4) is 0 Å². The van der Waals surface area contributed by atoms with Gasteiger partial charge in [-0.2, -0.15) is 0 Å². The molecule has 8 heteroatoms. The first-order valence-corrected chi connectivity index (χ1v) is 10.5. The number of anilines is 1. The third kappa shape index (κ3) is 4.62. The molecule has 0 spiro atoms. The van der Waals surface area contributed by atoms with Gasteiger partial charge in [0.2, 0.25) is 0 Å². The summed E-state index contributed by atoms with van der Waals surface area (Å²) in [6.07, 6.45) is 2.65. The van der Waals surface area contributed by atoms with E-state index in [1.54, 1.807) is 24.3 Å². The van der Waals surface area contributed by atoms with Crippen molar-refractivity contribution in [2.75, 3.05) is 19.0 Å². The molecular weight excluding hydrogens is 446 g/mol. The summed E-state index contributed by atoms with van der Waals surface area (Å²) >= 11 is 4.68. The SMILES string of the molecule is COC(=O)c1c(NC(=O)COC(=O)c2ccc(Br)cc2)sc2c1CCC(C)C2. The molecule has 3 rings (SSSR count). The smallest absolute Gasteiger partial charge is 0.341 e. The average molecular weight is 466 g/mol. The molecule has 1 aliphatic rings. The highest BCUT2D eigenvalue weighted by Gasteiger charge is 2.29. The van der Waals surface area contributed by atoms with Gasteiger partial charge in [0.05, 0.1) is 18.2 Å². The summed E-state index contributed by atoms with van der Waals surface area (Å²) in [5.41, 5.74) is 1.73. The molecule has 1 N–H and O–H groups in total. The topological polar surface area (TPSA) is 81.7 Å². The molecule has 1 unspecified atom stereocenters. The van der Waals surface area contributed by atoms with E-state index >= 15 is 0 Å². The summed E-state index contributed by atoms with van der Waals surface area (Å²) in [4.78, 5) is 37.7. The number of amides is 1. The molecule has 0 fully saturated rings. The number of halogens is 1. The van der Waals surface area contributed by atoms with Gasteiger partial charge in [-0.05, 0) is 55.0 Å². The average Bonchev–Trinajstić information content (AvgIpc) is 3.02. The summed E-state index contributed by atoms with van der Waals surface area (Å²) in [6.45, 7) is 1.73. The van der Waals surface area contributed by atoms with Crippen molar-refractivity contribution >= 4 is 50.1 Å². The molecule has 148 valence electrons. The molecule has 1 aromatic carbocycles. The number of hydrogen-bond donors (Lipinski definition) is 1. The van der Waals surface area contributed by atoms with Crippen molar-refractivity contribution in [3.63, 3.8) is 0 Å². The standard InChI is InChI=1S/C20H20BrNO5S/c1-11-3-8-14-15(9-11)28-18(17(14)20(25)26-2)22-16(23)10-27-19(24)12-4-6-13(21)7-5-12/h4-7,11H,3,8-10H2,1-2H3,(H,22,23). The summed E-state index contributed by atoms with van der Waals surface area (Å²) in [6, 6.07) is 6.65. The lowest BCUT2D eigenvalue weighted by Crippen LogP contribution is -2.22. The second kappa shape index (κ2) is 8.87. The van der Waals surface area contributed by atoms with Gasteiger partial charge in [0.25, 0.3) is 5.91 Å².